The number of carbonyl (C=O) groups is 1. The molecule has 2 fully saturated rings. The van der Waals surface area contributed by atoms with E-state index in [0.29, 0.717) is 11.8 Å². The first-order valence-electron chi connectivity index (χ1n) is 5.00. The monoisotopic (exact) mass is 180 g/mol. The summed E-state index contributed by atoms with van der Waals surface area (Å²) in [6.07, 6.45) is 5.73. The Labute approximate surface area is 79.0 Å². The average molecular weight is 180 g/mol. The topological polar surface area (TPSA) is 26.3 Å². The summed E-state index contributed by atoms with van der Waals surface area (Å²) in [6.45, 7) is 5.34. The molecule has 2 nitrogen and oxygen atoms in total. The van der Waals surface area contributed by atoms with E-state index in [1.54, 1.807) is 0 Å². The molecule has 2 aliphatic carbocycles. The lowest BCUT2D eigenvalue weighted by Gasteiger charge is -2.25. The summed E-state index contributed by atoms with van der Waals surface area (Å²) >= 11 is 0. The van der Waals surface area contributed by atoms with Crippen LogP contribution in [0.2, 0.25) is 0 Å². The van der Waals surface area contributed by atoms with Crippen molar-refractivity contribution in [1.82, 2.24) is 0 Å². The lowest BCUT2D eigenvalue weighted by Crippen LogP contribution is -2.25. The van der Waals surface area contributed by atoms with Crippen LogP contribution in [0.5, 0.6) is 0 Å². The molecule has 0 spiro atoms. The predicted molar refractivity (Wildman–Crippen MR) is 50.1 cm³/mol. The maximum Gasteiger partial charge on any atom is 0.302 e. The van der Waals surface area contributed by atoms with E-state index in [-0.39, 0.29) is 12.1 Å². The molecule has 2 saturated carbocycles. The van der Waals surface area contributed by atoms with Crippen LogP contribution in [0.3, 0.4) is 0 Å². The number of esters is 1. The molecule has 0 radical (unpaired) electrons. The van der Waals surface area contributed by atoms with Gasteiger partial charge in [-0.25, -0.2) is 0 Å². The van der Waals surface area contributed by atoms with Crippen LogP contribution < -0.4 is 0 Å². The highest BCUT2D eigenvalue weighted by Gasteiger charge is 2.46. The van der Waals surface area contributed by atoms with Crippen molar-refractivity contribution in [2.75, 3.05) is 0 Å². The summed E-state index contributed by atoms with van der Waals surface area (Å²) in [5, 5.41) is 0. The number of carbonyl (C=O) groups excluding carboxylic acids is 1. The summed E-state index contributed by atoms with van der Waals surface area (Å²) in [7, 11) is 0. The first-order valence-corrected chi connectivity index (χ1v) is 5.00. The first-order chi connectivity index (χ1) is 6.20. The third-order valence-corrected chi connectivity index (χ3v) is 3.47. The number of hydrogen-bond donors (Lipinski definition) is 0. The number of allylic oxidation sites excluding steroid dienone is 1. The van der Waals surface area contributed by atoms with E-state index in [1.807, 2.05) is 0 Å². The molecule has 4 unspecified atom stereocenters. The molecule has 0 heterocycles. The molecular formula is C11H16O2. The van der Waals surface area contributed by atoms with E-state index in [1.165, 1.54) is 19.8 Å². The van der Waals surface area contributed by atoms with E-state index in [2.05, 4.69) is 12.7 Å². The van der Waals surface area contributed by atoms with Gasteiger partial charge in [-0.1, -0.05) is 6.08 Å². The lowest BCUT2D eigenvalue weighted by atomic mass is 9.87. The SMILES string of the molecule is C=CC1CC2CC1CC2OC(C)=O. The van der Waals surface area contributed by atoms with Gasteiger partial charge in [0, 0.05) is 6.92 Å². The Kier molecular flexibility index (Phi) is 2.14. The van der Waals surface area contributed by atoms with Gasteiger partial charge in [0.05, 0.1) is 0 Å². The molecule has 0 N–H and O–H groups in total. The Morgan fingerprint density at radius 1 is 1.38 bits per heavy atom. The third kappa shape index (κ3) is 1.50. The molecule has 2 rings (SSSR count). The van der Waals surface area contributed by atoms with Crippen molar-refractivity contribution in [2.45, 2.75) is 32.3 Å². The van der Waals surface area contributed by atoms with Gasteiger partial charge in [0.2, 0.25) is 0 Å². The zero-order valence-electron chi connectivity index (χ0n) is 8.03. The summed E-state index contributed by atoms with van der Waals surface area (Å²) in [4.78, 5) is 10.8. The highest BCUT2D eigenvalue weighted by Crippen LogP contribution is 2.49. The van der Waals surface area contributed by atoms with Crippen LogP contribution in [0.4, 0.5) is 0 Å². The number of rotatable bonds is 2. The molecule has 2 heteroatoms. The largest absolute Gasteiger partial charge is 0.462 e. The van der Waals surface area contributed by atoms with Crippen molar-refractivity contribution >= 4 is 5.97 Å². The molecule has 2 aliphatic rings. The van der Waals surface area contributed by atoms with Crippen LogP contribution >= 0.6 is 0 Å². The fraction of sp³-hybridized carbons (Fsp3) is 0.727. The minimum atomic E-state index is -0.132. The Morgan fingerprint density at radius 2 is 2.15 bits per heavy atom. The predicted octanol–water partition coefficient (Wildman–Crippen LogP) is 2.15. The number of fused-ring (bicyclic) bond motifs is 2. The van der Waals surface area contributed by atoms with Gasteiger partial charge in [-0.3, -0.25) is 4.79 Å². The molecule has 0 aromatic rings. The first kappa shape index (κ1) is 8.79. The Bertz CT molecular complexity index is 234. The van der Waals surface area contributed by atoms with Gasteiger partial charge in [-0.05, 0) is 37.0 Å². The Balaban J connectivity index is 1.95. The van der Waals surface area contributed by atoms with E-state index in [0.717, 1.165) is 12.3 Å². The number of ether oxygens (including phenoxy) is 1. The van der Waals surface area contributed by atoms with Crippen LogP contribution in [0.1, 0.15) is 26.2 Å². The van der Waals surface area contributed by atoms with Crippen molar-refractivity contribution in [1.29, 1.82) is 0 Å². The number of hydrogen-bond acceptors (Lipinski definition) is 2. The second kappa shape index (κ2) is 3.17. The zero-order valence-corrected chi connectivity index (χ0v) is 8.03. The van der Waals surface area contributed by atoms with Crippen LogP contribution in [-0.2, 0) is 9.53 Å². The van der Waals surface area contributed by atoms with Crippen LogP contribution in [0.25, 0.3) is 0 Å². The second-order valence-electron chi connectivity index (χ2n) is 4.27. The zero-order chi connectivity index (χ0) is 9.42. The van der Waals surface area contributed by atoms with Crippen molar-refractivity contribution in [3.8, 4) is 0 Å². The maximum atomic E-state index is 10.8. The standard InChI is InChI=1S/C11H16O2/c1-3-8-4-10-5-9(8)6-11(10)13-7(2)12/h3,8-11H,1,4-6H2,2H3. The van der Waals surface area contributed by atoms with Crippen molar-refractivity contribution in [2.24, 2.45) is 17.8 Å². The third-order valence-electron chi connectivity index (χ3n) is 3.47. The highest BCUT2D eigenvalue weighted by molar-refractivity contribution is 5.66. The van der Waals surface area contributed by atoms with Gasteiger partial charge in [0.15, 0.2) is 0 Å². The van der Waals surface area contributed by atoms with Gasteiger partial charge in [-0.15, -0.1) is 6.58 Å². The van der Waals surface area contributed by atoms with E-state index in [9.17, 15) is 4.79 Å². The normalized spacial score (nSPS) is 41.9. The van der Waals surface area contributed by atoms with Crippen LogP contribution in [0, 0.1) is 17.8 Å². The summed E-state index contributed by atoms with van der Waals surface area (Å²) in [6, 6.07) is 0. The second-order valence-corrected chi connectivity index (χ2v) is 4.27. The maximum absolute atomic E-state index is 10.8. The minimum absolute atomic E-state index is 0.132. The van der Waals surface area contributed by atoms with Gasteiger partial charge in [0.25, 0.3) is 0 Å². The van der Waals surface area contributed by atoms with E-state index < -0.39 is 0 Å². The average Bonchev–Trinajstić information content (AvgIpc) is 2.60. The minimum Gasteiger partial charge on any atom is -0.462 e. The van der Waals surface area contributed by atoms with Crippen LogP contribution in [-0.4, -0.2) is 12.1 Å². The lowest BCUT2D eigenvalue weighted by molar-refractivity contribution is -0.149. The van der Waals surface area contributed by atoms with Gasteiger partial charge in [-0.2, -0.15) is 0 Å². The van der Waals surface area contributed by atoms with Gasteiger partial charge < -0.3 is 4.74 Å². The van der Waals surface area contributed by atoms with Gasteiger partial charge in [0.1, 0.15) is 6.10 Å². The molecule has 13 heavy (non-hydrogen) atoms. The molecule has 0 aromatic carbocycles. The van der Waals surface area contributed by atoms with E-state index in [4.69, 9.17) is 4.74 Å². The molecule has 0 saturated heterocycles. The molecule has 2 bridgehead atoms. The Hall–Kier alpha value is -0.790. The molecule has 0 aliphatic heterocycles. The fourth-order valence-corrected chi connectivity index (χ4v) is 2.91. The van der Waals surface area contributed by atoms with Crippen LogP contribution in [0.15, 0.2) is 12.7 Å². The van der Waals surface area contributed by atoms with Crippen molar-refractivity contribution in [3.63, 3.8) is 0 Å². The molecular weight excluding hydrogens is 164 g/mol. The van der Waals surface area contributed by atoms with Crippen molar-refractivity contribution in [3.05, 3.63) is 12.7 Å². The van der Waals surface area contributed by atoms with Gasteiger partial charge >= 0.3 is 5.97 Å². The van der Waals surface area contributed by atoms with E-state index >= 15 is 0 Å². The quantitative estimate of drug-likeness (QED) is 0.481. The summed E-state index contributed by atoms with van der Waals surface area (Å²) < 4.78 is 5.26. The summed E-state index contributed by atoms with van der Waals surface area (Å²) in [5.41, 5.74) is 0. The molecule has 0 amide bonds. The fourth-order valence-electron chi connectivity index (χ4n) is 2.91. The highest BCUT2D eigenvalue weighted by atomic mass is 16.5. The van der Waals surface area contributed by atoms with Crippen molar-refractivity contribution < 1.29 is 9.53 Å². The smallest absolute Gasteiger partial charge is 0.302 e. The summed E-state index contributed by atoms with van der Waals surface area (Å²) in [5.74, 6) is 1.88. The molecule has 72 valence electrons. The molecule has 0 aromatic heterocycles. The Morgan fingerprint density at radius 3 is 2.62 bits per heavy atom. The molecule has 4 atom stereocenters.